The van der Waals surface area contributed by atoms with Gasteiger partial charge in [0.2, 0.25) is 5.76 Å². The van der Waals surface area contributed by atoms with Crippen molar-refractivity contribution < 1.29 is 14.4 Å². The fourth-order valence-electron chi connectivity index (χ4n) is 3.38. The Morgan fingerprint density at radius 1 is 1.32 bits per heavy atom. The number of rotatable bonds is 3. The van der Waals surface area contributed by atoms with Crippen LogP contribution in [0, 0.1) is 5.92 Å². The monoisotopic (exact) mass is 339 g/mol. The average molecular weight is 339 g/mol. The zero-order chi connectivity index (χ0) is 17.4. The number of nitrogens with zero attached hydrogens (tertiary/aromatic N) is 2. The number of carbonyl (C=O) groups excluding carboxylic acids is 1. The van der Waals surface area contributed by atoms with Crippen molar-refractivity contribution in [3.63, 3.8) is 0 Å². The molecule has 0 radical (unpaired) electrons. The average Bonchev–Trinajstić information content (AvgIpc) is 3.21. The summed E-state index contributed by atoms with van der Waals surface area (Å²) in [7, 11) is 0. The highest BCUT2D eigenvalue weighted by Gasteiger charge is 2.35. The molecular weight excluding hydrogens is 322 g/mol. The summed E-state index contributed by atoms with van der Waals surface area (Å²) < 4.78 is 4.87. The first-order valence-electron chi connectivity index (χ1n) is 8.10. The summed E-state index contributed by atoms with van der Waals surface area (Å²) in [6.07, 6.45) is 1.78. The number of aromatic amines is 1. The molecule has 3 aromatic rings. The van der Waals surface area contributed by atoms with Crippen molar-refractivity contribution in [2.24, 2.45) is 5.92 Å². The van der Waals surface area contributed by atoms with Crippen LogP contribution in [0.4, 0.5) is 0 Å². The number of H-pyrrole nitrogens is 1. The zero-order valence-electron chi connectivity index (χ0n) is 13.4. The van der Waals surface area contributed by atoms with Crippen LogP contribution in [-0.4, -0.2) is 45.2 Å². The van der Waals surface area contributed by atoms with Gasteiger partial charge in [0.25, 0.3) is 11.5 Å². The molecule has 7 nitrogen and oxygen atoms in total. The molecule has 0 bridgehead atoms. The first-order chi connectivity index (χ1) is 12.1. The second kappa shape index (κ2) is 6.18. The number of carbonyl (C=O) groups is 1. The molecule has 0 spiro atoms. The van der Waals surface area contributed by atoms with Gasteiger partial charge in [-0.1, -0.05) is 18.2 Å². The molecule has 1 fully saturated rings. The van der Waals surface area contributed by atoms with Crippen molar-refractivity contribution in [2.75, 3.05) is 13.1 Å². The molecule has 1 amide bonds. The molecule has 1 aliphatic rings. The van der Waals surface area contributed by atoms with E-state index in [0.29, 0.717) is 13.0 Å². The van der Waals surface area contributed by atoms with Gasteiger partial charge in [-0.2, -0.15) is 5.16 Å². The summed E-state index contributed by atoms with van der Waals surface area (Å²) in [6, 6.07) is 10.9. The molecule has 1 aliphatic heterocycles. The van der Waals surface area contributed by atoms with Gasteiger partial charge < -0.3 is 14.5 Å². The number of aliphatic hydroxyl groups is 1. The van der Waals surface area contributed by atoms with Gasteiger partial charge >= 0.3 is 0 Å². The van der Waals surface area contributed by atoms with Crippen molar-refractivity contribution in [2.45, 2.75) is 12.5 Å². The Labute approximate surface area is 142 Å². The minimum Gasteiger partial charge on any atom is -0.391 e. The standard InChI is InChI=1S/C18H17N3O4/c22-15-10-21(18(24)16-8-17(23)20-25-16)9-12(15)7-11-5-6-19-14-4-2-1-3-13(11)14/h1-6,8,12,15,22H,7,9-10H2,(H,20,23)/t12-,15-/m1/s1. The summed E-state index contributed by atoms with van der Waals surface area (Å²) in [4.78, 5) is 29.4. The van der Waals surface area contributed by atoms with Gasteiger partial charge in [-0.15, -0.1) is 0 Å². The van der Waals surface area contributed by atoms with E-state index >= 15 is 0 Å². The molecular formula is C18H17N3O4. The number of aromatic nitrogens is 2. The highest BCUT2D eigenvalue weighted by molar-refractivity contribution is 5.91. The maximum Gasteiger partial charge on any atom is 0.292 e. The smallest absolute Gasteiger partial charge is 0.292 e. The predicted molar refractivity (Wildman–Crippen MR) is 90.2 cm³/mol. The van der Waals surface area contributed by atoms with Crippen LogP contribution < -0.4 is 5.56 Å². The molecule has 2 N–H and O–H groups in total. The highest BCUT2D eigenvalue weighted by atomic mass is 16.5. The number of fused-ring (bicyclic) bond motifs is 1. The van der Waals surface area contributed by atoms with Gasteiger partial charge in [0.15, 0.2) is 0 Å². The lowest BCUT2D eigenvalue weighted by Gasteiger charge is -2.15. The number of aliphatic hydroxyl groups excluding tert-OH is 1. The SMILES string of the molecule is O=C(c1cc(=O)[nH]o1)N1C[C@@H](Cc2ccnc3ccccc23)[C@H](O)C1. The van der Waals surface area contributed by atoms with Crippen molar-refractivity contribution in [3.8, 4) is 0 Å². The van der Waals surface area contributed by atoms with E-state index in [0.717, 1.165) is 22.5 Å². The van der Waals surface area contributed by atoms with Gasteiger partial charge in [0.1, 0.15) is 0 Å². The third-order valence-electron chi connectivity index (χ3n) is 4.65. The molecule has 1 aromatic carbocycles. The van der Waals surface area contributed by atoms with E-state index in [1.807, 2.05) is 30.3 Å². The number of nitrogens with one attached hydrogen (secondary N) is 1. The fourth-order valence-corrected chi connectivity index (χ4v) is 3.38. The number of pyridine rings is 1. The molecule has 7 heteroatoms. The third kappa shape index (κ3) is 2.94. The van der Waals surface area contributed by atoms with Crippen LogP contribution in [0.1, 0.15) is 16.1 Å². The van der Waals surface area contributed by atoms with Crippen LogP contribution in [0.5, 0.6) is 0 Å². The Bertz CT molecular complexity index is 972. The molecule has 25 heavy (non-hydrogen) atoms. The predicted octanol–water partition coefficient (Wildman–Crippen LogP) is 1.19. The van der Waals surface area contributed by atoms with Crippen molar-refractivity contribution >= 4 is 16.8 Å². The summed E-state index contributed by atoms with van der Waals surface area (Å²) in [6.45, 7) is 0.632. The van der Waals surface area contributed by atoms with Gasteiger partial charge in [0.05, 0.1) is 17.7 Å². The molecule has 3 heterocycles. The maximum absolute atomic E-state index is 12.4. The van der Waals surface area contributed by atoms with Crippen LogP contribution >= 0.6 is 0 Å². The molecule has 128 valence electrons. The van der Waals surface area contributed by atoms with Crippen molar-refractivity contribution in [1.82, 2.24) is 15.0 Å². The van der Waals surface area contributed by atoms with Crippen LogP contribution in [0.25, 0.3) is 10.9 Å². The van der Waals surface area contributed by atoms with Crippen LogP contribution in [0.15, 0.2) is 51.9 Å². The molecule has 0 unspecified atom stereocenters. The second-order valence-corrected chi connectivity index (χ2v) is 6.31. The maximum atomic E-state index is 12.4. The Hall–Kier alpha value is -2.93. The van der Waals surface area contributed by atoms with Gasteiger partial charge in [-0.05, 0) is 24.1 Å². The van der Waals surface area contributed by atoms with Crippen LogP contribution in [0.3, 0.4) is 0 Å². The van der Waals surface area contributed by atoms with E-state index < -0.39 is 11.7 Å². The van der Waals surface area contributed by atoms with Gasteiger partial charge in [0, 0.05) is 30.6 Å². The van der Waals surface area contributed by atoms with Crippen LogP contribution in [0.2, 0.25) is 0 Å². The van der Waals surface area contributed by atoms with E-state index in [1.54, 1.807) is 6.20 Å². The summed E-state index contributed by atoms with van der Waals surface area (Å²) >= 11 is 0. The Morgan fingerprint density at radius 3 is 2.96 bits per heavy atom. The van der Waals surface area contributed by atoms with E-state index in [9.17, 15) is 14.7 Å². The lowest BCUT2D eigenvalue weighted by atomic mass is 9.94. The minimum absolute atomic E-state index is 0.0350. The second-order valence-electron chi connectivity index (χ2n) is 6.31. The van der Waals surface area contributed by atoms with Crippen LogP contribution in [-0.2, 0) is 6.42 Å². The number of hydrogen-bond acceptors (Lipinski definition) is 5. The Morgan fingerprint density at radius 2 is 2.16 bits per heavy atom. The largest absolute Gasteiger partial charge is 0.391 e. The normalized spacial score (nSPS) is 20.3. The van der Waals surface area contributed by atoms with Gasteiger partial charge in [-0.25, -0.2) is 0 Å². The van der Waals surface area contributed by atoms with Crippen molar-refractivity contribution in [1.29, 1.82) is 0 Å². The number of para-hydroxylation sites is 1. The molecule has 0 saturated carbocycles. The third-order valence-corrected chi connectivity index (χ3v) is 4.65. The number of β-amino-alcohol motifs (C(OH)–C–C–N with tert-alkyl or cyclic N) is 1. The molecule has 4 rings (SSSR count). The summed E-state index contributed by atoms with van der Waals surface area (Å²) in [5.41, 5.74) is 1.55. The van der Waals surface area contributed by atoms with Crippen molar-refractivity contribution in [3.05, 3.63) is 64.3 Å². The molecule has 1 saturated heterocycles. The first-order valence-corrected chi connectivity index (χ1v) is 8.10. The van der Waals surface area contributed by atoms with E-state index in [2.05, 4.69) is 10.1 Å². The molecule has 0 aliphatic carbocycles. The lowest BCUT2D eigenvalue weighted by molar-refractivity contribution is 0.0724. The fraction of sp³-hybridized carbons (Fsp3) is 0.278. The zero-order valence-corrected chi connectivity index (χ0v) is 13.4. The number of likely N-dealkylation sites (tertiary alicyclic amines) is 1. The van der Waals surface area contributed by atoms with E-state index in [4.69, 9.17) is 4.52 Å². The van der Waals surface area contributed by atoms with E-state index in [-0.39, 0.29) is 24.1 Å². The highest BCUT2D eigenvalue weighted by Crippen LogP contribution is 2.26. The topological polar surface area (TPSA) is 99.4 Å². The summed E-state index contributed by atoms with van der Waals surface area (Å²) in [5, 5.41) is 13.5. The number of hydrogen-bond donors (Lipinski definition) is 2. The first kappa shape index (κ1) is 15.6. The van der Waals surface area contributed by atoms with E-state index in [1.165, 1.54) is 4.90 Å². The lowest BCUT2D eigenvalue weighted by Crippen LogP contribution is -2.29. The molecule has 2 aromatic heterocycles. The Balaban J connectivity index is 1.53. The number of amides is 1. The van der Waals surface area contributed by atoms with Gasteiger partial charge in [-0.3, -0.25) is 14.6 Å². The molecule has 2 atom stereocenters. The quantitative estimate of drug-likeness (QED) is 0.747. The summed E-state index contributed by atoms with van der Waals surface area (Å²) in [5.74, 6) is -0.507. The number of benzene rings is 1. The minimum atomic E-state index is -0.624. The Kier molecular flexibility index (Phi) is 3.85.